The SMILES string of the molecule is O=C(COc1ccccc1)NCc1nnc(SCC(=O)N2N=C(c3cccs3)C[C@H]2c2ccc(F)cc2)n1-c1cccc(Cl)c1. The van der Waals surface area contributed by atoms with E-state index >= 15 is 0 Å². The second-order valence-corrected chi connectivity index (χ2v) is 12.2. The number of carbonyl (C=O) groups excluding carboxylic acids is 2. The van der Waals surface area contributed by atoms with Gasteiger partial charge in [0, 0.05) is 11.4 Å². The molecule has 2 aromatic heterocycles. The van der Waals surface area contributed by atoms with Crippen molar-refractivity contribution < 1.29 is 18.7 Å². The summed E-state index contributed by atoms with van der Waals surface area (Å²) in [7, 11) is 0. The number of amides is 2. The Morgan fingerprint density at radius 3 is 2.60 bits per heavy atom. The monoisotopic (exact) mass is 660 g/mol. The van der Waals surface area contributed by atoms with Crippen molar-refractivity contribution in [3.63, 3.8) is 0 Å². The Balaban J connectivity index is 1.19. The molecule has 0 spiro atoms. The average Bonchev–Trinajstić information content (AvgIpc) is 3.83. The summed E-state index contributed by atoms with van der Waals surface area (Å²) in [6.45, 7) is -0.0945. The van der Waals surface area contributed by atoms with E-state index in [1.165, 1.54) is 28.9 Å². The first-order chi connectivity index (χ1) is 21.9. The number of nitrogens with zero attached hydrogens (tertiary/aromatic N) is 5. The van der Waals surface area contributed by atoms with Gasteiger partial charge < -0.3 is 10.1 Å². The van der Waals surface area contributed by atoms with Gasteiger partial charge in [-0.15, -0.1) is 21.5 Å². The minimum absolute atomic E-state index is 0.00882. The molecule has 0 radical (unpaired) electrons. The van der Waals surface area contributed by atoms with Crippen LogP contribution in [0.15, 0.2) is 107 Å². The van der Waals surface area contributed by atoms with Crippen LogP contribution in [-0.4, -0.2) is 49.7 Å². The number of hydrogen-bond acceptors (Lipinski definition) is 8. The van der Waals surface area contributed by atoms with Gasteiger partial charge in [0.2, 0.25) is 0 Å². The summed E-state index contributed by atoms with van der Waals surface area (Å²) in [6.07, 6.45) is 0.513. The van der Waals surface area contributed by atoms with Crippen LogP contribution in [0.2, 0.25) is 5.02 Å². The molecule has 0 saturated carbocycles. The number of benzene rings is 3. The Bertz CT molecular complexity index is 1820. The predicted octanol–water partition coefficient (Wildman–Crippen LogP) is 6.29. The second kappa shape index (κ2) is 14.1. The molecular weight excluding hydrogens is 635 g/mol. The summed E-state index contributed by atoms with van der Waals surface area (Å²) in [6, 6.07) is 25.9. The lowest BCUT2D eigenvalue weighted by Gasteiger charge is -2.22. The molecule has 3 aromatic carbocycles. The maximum atomic E-state index is 13.7. The standard InChI is InChI=1S/C32H26ClFN6O3S2/c33-22-6-4-7-24(16-22)39-29(18-35-30(41)19-43-25-8-2-1-3-9-25)36-37-32(39)45-20-31(42)40-27(21-11-13-23(34)14-12-21)17-26(38-40)28-10-5-15-44-28/h1-16,27H,17-20H2,(H,35,41)/t27-/m0/s1. The molecule has 0 unspecified atom stereocenters. The van der Waals surface area contributed by atoms with Gasteiger partial charge >= 0.3 is 0 Å². The maximum Gasteiger partial charge on any atom is 0.258 e. The normalized spacial score (nSPS) is 14.3. The molecule has 9 nitrogen and oxygen atoms in total. The van der Waals surface area contributed by atoms with Crippen LogP contribution in [0.25, 0.3) is 5.69 Å². The Morgan fingerprint density at radius 1 is 1.02 bits per heavy atom. The zero-order chi connectivity index (χ0) is 31.2. The van der Waals surface area contributed by atoms with Gasteiger partial charge in [-0.25, -0.2) is 9.40 Å². The van der Waals surface area contributed by atoms with E-state index in [-0.39, 0.29) is 42.6 Å². The van der Waals surface area contributed by atoms with Crippen molar-refractivity contribution >= 4 is 52.2 Å². The van der Waals surface area contributed by atoms with E-state index in [0.717, 1.165) is 16.2 Å². The first-order valence-electron chi connectivity index (χ1n) is 13.9. The molecule has 1 atom stereocenters. The van der Waals surface area contributed by atoms with E-state index in [0.29, 0.717) is 33.9 Å². The molecule has 5 aromatic rings. The van der Waals surface area contributed by atoms with Crippen molar-refractivity contribution in [3.05, 3.63) is 123 Å². The average molecular weight is 661 g/mol. The quantitative estimate of drug-likeness (QED) is 0.167. The topological polar surface area (TPSA) is 102 Å². The highest BCUT2D eigenvalue weighted by molar-refractivity contribution is 7.99. The molecule has 6 rings (SSSR count). The fourth-order valence-corrected chi connectivity index (χ4v) is 6.47. The lowest BCUT2D eigenvalue weighted by molar-refractivity contribution is -0.130. The fraction of sp³-hybridized carbons (Fsp3) is 0.156. The molecule has 2 amide bonds. The molecule has 3 heterocycles. The number of nitrogens with one attached hydrogen (secondary N) is 1. The number of aromatic nitrogens is 3. The molecule has 1 aliphatic heterocycles. The van der Waals surface area contributed by atoms with Crippen LogP contribution < -0.4 is 10.1 Å². The Labute approximate surface area is 271 Å². The van der Waals surface area contributed by atoms with Crippen molar-refractivity contribution in [2.45, 2.75) is 24.2 Å². The van der Waals surface area contributed by atoms with Crippen molar-refractivity contribution in [2.75, 3.05) is 12.4 Å². The van der Waals surface area contributed by atoms with Gasteiger partial charge in [0.1, 0.15) is 11.6 Å². The van der Waals surface area contributed by atoms with E-state index in [2.05, 4.69) is 15.5 Å². The van der Waals surface area contributed by atoms with Gasteiger partial charge in [0.15, 0.2) is 17.6 Å². The van der Waals surface area contributed by atoms with Crippen molar-refractivity contribution in [1.82, 2.24) is 25.1 Å². The number of halogens is 2. The van der Waals surface area contributed by atoms with Crippen molar-refractivity contribution in [2.24, 2.45) is 5.10 Å². The molecule has 228 valence electrons. The zero-order valence-corrected chi connectivity index (χ0v) is 26.1. The van der Waals surface area contributed by atoms with E-state index in [1.54, 1.807) is 58.4 Å². The summed E-state index contributed by atoms with van der Waals surface area (Å²) in [4.78, 5) is 27.2. The molecule has 0 saturated heterocycles. The number of para-hydroxylation sites is 1. The van der Waals surface area contributed by atoms with Crippen LogP contribution in [0.5, 0.6) is 5.75 Å². The summed E-state index contributed by atoms with van der Waals surface area (Å²) in [5.41, 5.74) is 2.27. The third kappa shape index (κ3) is 7.42. The molecule has 0 bridgehead atoms. The van der Waals surface area contributed by atoms with Gasteiger partial charge in [-0.2, -0.15) is 5.10 Å². The third-order valence-electron chi connectivity index (χ3n) is 6.87. The van der Waals surface area contributed by atoms with Crippen LogP contribution in [0.1, 0.15) is 28.7 Å². The van der Waals surface area contributed by atoms with Gasteiger partial charge in [-0.05, 0) is 59.5 Å². The number of hydrogen-bond donors (Lipinski definition) is 1. The largest absolute Gasteiger partial charge is 0.484 e. The Morgan fingerprint density at radius 2 is 1.84 bits per heavy atom. The van der Waals surface area contributed by atoms with Crippen LogP contribution in [0.4, 0.5) is 4.39 Å². The third-order valence-corrected chi connectivity index (χ3v) is 8.94. The number of thiophene rings is 1. The van der Waals surface area contributed by atoms with E-state index in [4.69, 9.17) is 21.4 Å². The van der Waals surface area contributed by atoms with Crippen molar-refractivity contribution in [1.29, 1.82) is 0 Å². The van der Waals surface area contributed by atoms with E-state index in [9.17, 15) is 14.0 Å². The van der Waals surface area contributed by atoms with Crippen LogP contribution in [0.3, 0.4) is 0 Å². The number of carbonyl (C=O) groups is 2. The van der Waals surface area contributed by atoms with E-state index in [1.807, 2.05) is 41.8 Å². The van der Waals surface area contributed by atoms with Crippen LogP contribution in [0, 0.1) is 5.82 Å². The summed E-state index contributed by atoms with van der Waals surface area (Å²) in [5, 5.41) is 20.5. The second-order valence-electron chi connectivity index (χ2n) is 9.91. The molecule has 0 aliphatic carbocycles. The predicted molar refractivity (Wildman–Crippen MR) is 172 cm³/mol. The zero-order valence-electron chi connectivity index (χ0n) is 23.7. The summed E-state index contributed by atoms with van der Waals surface area (Å²) in [5.74, 6) is 0.127. The Hall–Kier alpha value is -4.52. The molecule has 45 heavy (non-hydrogen) atoms. The smallest absolute Gasteiger partial charge is 0.258 e. The minimum atomic E-state index is -0.370. The lowest BCUT2D eigenvalue weighted by atomic mass is 10.0. The number of rotatable bonds is 11. The molecular formula is C32H26ClFN6O3S2. The number of ether oxygens (including phenoxy) is 1. The summed E-state index contributed by atoms with van der Waals surface area (Å²) < 4.78 is 21.0. The number of thioether (sulfide) groups is 1. The highest BCUT2D eigenvalue weighted by Crippen LogP contribution is 2.35. The first kappa shape index (κ1) is 30.5. The van der Waals surface area contributed by atoms with E-state index < -0.39 is 0 Å². The molecule has 1 aliphatic rings. The maximum absolute atomic E-state index is 13.7. The summed E-state index contributed by atoms with van der Waals surface area (Å²) >= 11 is 9.05. The fourth-order valence-electron chi connectivity index (χ4n) is 4.75. The lowest BCUT2D eigenvalue weighted by Crippen LogP contribution is -2.29. The molecule has 1 N–H and O–H groups in total. The highest BCUT2D eigenvalue weighted by atomic mass is 35.5. The first-order valence-corrected chi connectivity index (χ1v) is 16.2. The van der Waals surface area contributed by atoms with Gasteiger partial charge in [-0.1, -0.05) is 65.8 Å². The Kier molecular flexibility index (Phi) is 9.53. The van der Waals surface area contributed by atoms with Crippen LogP contribution in [-0.2, 0) is 16.1 Å². The van der Waals surface area contributed by atoms with Gasteiger partial charge in [0.05, 0.1) is 34.6 Å². The minimum Gasteiger partial charge on any atom is -0.484 e. The van der Waals surface area contributed by atoms with Gasteiger partial charge in [-0.3, -0.25) is 14.2 Å². The van der Waals surface area contributed by atoms with Gasteiger partial charge in [0.25, 0.3) is 11.8 Å². The van der Waals surface area contributed by atoms with Crippen molar-refractivity contribution in [3.8, 4) is 11.4 Å². The van der Waals surface area contributed by atoms with Crippen LogP contribution >= 0.6 is 34.7 Å². The molecule has 0 fully saturated rings. The highest BCUT2D eigenvalue weighted by Gasteiger charge is 2.33. The number of hydrazone groups is 1. The molecule has 13 heteroatoms.